The molecule has 0 aliphatic carbocycles. The molecule has 0 N–H and O–H groups in total. The summed E-state index contributed by atoms with van der Waals surface area (Å²) in [5.41, 5.74) is 0.138. The van der Waals surface area contributed by atoms with E-state index in [0.29, 0.717) is 0 Å². The molecule has 1 rings (SSSR count). The van der Waals surface area contributed by atoms with Crippen LogP contribution in [0, 0.1) is 0 Å². The first kappa shape index (κ1) is 14.4. The second-order valence-corrected chi connectivity index (χ2v) is 6.06. The largest absolute Gasteiger partial charge is 0.448 e. The molecule has 0 bridgehead atoms. The fourth-order valence-electron chi connectivity index (χ4n) is 1.07. The van der Waals surface area contributed by atoms with Gasteiger partial charge in [-0.25, -0.2) is 9.59 Å². The predicted molar refractivity (Wildman–Crippen MR) is 70.0 cm³/mol. The minimum atomic E-state index is -0.883. The zero-order chi connectivity index (χ0) is 12.8. The van der Waals surface area contributed by atoms with Crippen LogP contribution in [0.5, 0.6) is 0 Å². The van der Waals surface area contributed by atoms with Crippen LogP contribution < -0.4 is 0 Å². The fraction of sp³-hybridized carbons (Fsp3) is 0.636. The Morgan fingerprint density at radius 1 is 1.41 bits per heavy atom. The summed E-state index contributed by atoms with van der Waals surface area (Å²) >= 11 is 3.37. The van der Waals surface area contributed by atoms with Crippen molar-refractivity contribution >= 4 is 35.5 Å². The summed E-state index contributed by atoms with van der Waals surface area (Å²) in [7, 11) is 0. The molecule has 0 saturated carbocycles. The van der Waals surface area contributed by atoms with Crippen molar-refractivity contribution in [1.29, 1.82) is 0 Å². The SMILES string of the molecule is C=C(C)C(=O)OC(C)C(=O)OC1CSCCS1. The van der Waals surface area contributed by atoms with Crippen LogP contribution in [-0.4, -0.2) is 40.7 Å². The van der Waals surface area contributed by atoms with Crippen LogP contribution in [0.1, 0.15) is 13.8 Å². The lowest BCUT2D eigenvalue weighted by Crippen LogP contribution is -2.31. The molecular formula is C11H16O4S2. The van der Waals surface area contributed by atoms with Crippen molar-refractivity contribution in [2.45, 2.75) is 25.4 Å². The topological polar surface area (TPSA) is 52.6 Å². The Balaban J connectivity index is 2.35. The van der Waals surface area contributed by atoms with Crippen molar-refractivity contribution in [3.05, 3.63) is 12.2 Å². The summed E-state index contributed by atoms with van der Waals surface area (Å²) < 4.78 is 10.1. The molecule has 0 aromatic heterocycles. The highest BCUT2D eigenvalue weighted by molar-refractivity contribution is 8.06. The summed E-state index contributed by atoms with van der Waals surface area (Å²) in [6, 6.07) is 0. The van der Waals surface area contributed by atoms with Gasteiger partial charge in [-0.3, -0.25) is 0 Å². The molecule has 1 aliphatic heterocycles. The van der Waals surface area contributed by atoms with Gasteiger partial charge < -0.3 is 9.47 Å². The standard InChI is InChI=1S/C11H16O4S2/c1-7(2)10(12)14-8(3)11(13)15-9-6-16-4-5-17-9/h8-9H,1,4-6H2,2-3H3. The molecule has 4 nitrogen and oxygen atoms in total. The van der Waals surface area contributed by atoms with E-state index in [2.05, 4.69) is 6.58 Å². The van der Waals surface area contributed by atoms with Crippen molar-refractivity contribution in [2.75, 3.05) is 17.3 Å². The maximum absolute atomic E-state index is 11.6. The van der Waals surface area contributed by atoms with Crippen molar-refractivity contribution < 1.29 is 19.1 Å². The number of carbonyl (C=O) groups is 2. The Labute approximate surface area is 109 Å². The van der Waals surface area contributed by atoms with Gasteiger partial charge >= 0.3 is 11.9 Å². The molecule has 0 spiro atoms. The lowest BCUT2D eigenvalue weighted by molar-refractivity contribution is -0.164. The number of ether oxygens (including phenoxy) is 2. The third-order valence-corrected chi connectivity index (χ3v) is 4.57. The van der Waals surface area contributed by atoms with E-state index in [9.17, 15) is 9.59 Å². The molecule has 17 heavy (non-hydrogen) atoms. The second-order valence-electron chi connectivity index (χ2n) is 3.64. The van der Waals surface area contributed by atoms with Gasteiger partial charge in [0.15, 0.2) is 11.5 Å². The van der Waals surface area contributed by atoms with Crippen LogP contribution in [0.15, 0.2) is 12.2 Å². The van der Waals surface area contributed by atoms with Crippen LogP contribution in [0.25, 0.3) is 0 Å². The van der Waals surface area contributed by atoms with Gasteiger partial charge in [-0.05, 0) is 13.8 Å². The van der Waals surface area contributed by atoms with Gasteiger partial charge in [0.25, 0.3) is 0 Å². The molecule has 1 aliphatic rings. The molecule has 6 heteroatoms. The highest BCUT2D eigenvalue weighted by Gasteiger charge is 2.24. The van der Waals surface area contributed by atoms with E-state index < -0.39 is 18.0 Å². The van der Waals surface area contributed by atoms with E-state index in [1.54, 1.807) is 23.5 Å². The molecule has 1 saturated heterocycles. The van der Waals surface area contributed by atoms with Crippen LogP contribution >= 0.6 is 23.5 Å². The highest BCUT2D eigenvalue weighted by Crippen LogP contribution is 2.25. The maximum Gasteiger partial charge on any atom is 0.348 e. The minimum Gasteiger partial charge on any atom is -0.448 e. The van der Waals surface area contributed by atoms with E-state index >= 15 is 0 Å². The monoisotopic (exact) mass is 276 g/mol. The Kier molecular flexibility index (Phi) is 5.91. The number of hydrogen-bond acceptors (Lipinski definition) is 6. The van der Waals surface area contributed by atoms with E-state index in [1.807, 2.05) is 0 Å². The number of thioether (sulfide) groups is 2. The zero-order valence-corrected chi connectivity index (χ0v) is 11.6. The number of carbonyl (C=O) groups excluding carboxylic acids is 2. The normalized spacial score (nSPS) is 21.4. The number of hydrogen-bond donors (Lipinski definition) is 0. The molecule has 1 heterocycles. The molecule has 1 fully saturated rings. The van der Waals surface area contributed by atoms with Gasteiger partial charge in [-0.1, -0.05) is 6.58 Å². The van der Waals surface area contributed by atoms with Crippen molar-refractivity contribution in [3.63, 3.8) is 0 Å². The van der Waals surface area contributed by atoms with E-state index in [4.69, 9.17) is 9.47 Å². The summed E-state index contributed by atoms with van der Waals surface area (Å²) in [5, 5.41) is 0. The zero-order valence-electron chi connectivity index (χ0n) is 9.93. The summed E-state index contributed by atoms with van der Waals surface area (Å²) in [6.07, 6.45) is -0.883. The molecular weight excluding hydrogens is 260 g/mol. The molecule has 2 atom stereocenters. The summed E-state index contributed by atoms with van der Waals surface area (Å²) in [5.74, 6) is 1.78. The van der Waals surface area contributed by atoms with Gasteiger partial charge in [0, 0.05) is 22.8 Å². The highest BCUT2D eigenvalue weighted by atomic mass is 32.2. The Bertz CT molecular complexity index is 311. The van der Waals surface area contributed by atoms with Crippen LogP contribution in [-0.2, 0) is 19.1 Å². The van der Waals surface area contributed by atoms with Gasteiger partial charge in [-0.15, -0.1) is 11.8 Å². The van der Waals surface area contributed by atoms with Crippen LogP contribution in [0.3, 0.4) is 0 Å². The van der Waals surface area contributed by atoms with Crippen LogP contribution in [0.2, 0.25) is 0 Å². The molecule has 2 unspecified atom stereocenters. The lowest BCUT2D eigenvalue weighted by atomic mass is 10.3. The average molecular weight is 276 g/mol. The smallest absolute Gasteiger partial charge is 0.348 e. The maximum atomic E-state index is 11.6. The quantitative estimate of drug-likeness (QED) is 0.577. The first-order chi connectivity index (χ1) is 8.00. The van der Waals surface area contributed by atoms with Gasteiger partial charge in [0.1, 0.15) is 0 Å². The number of rotatable bonds is 4. The molecule has 0 radical (unpaired) electrons. The molecule has 0 aromatic rings. The van der Waals surface area contributed by atoms with Gasteiger partial charge in [0.2, 0.25) is 0 Å². The summed E-state index contributed by atoms with van der Waals surface area (Å²) in [4.78, 5) is 22.8. The first-order valence-electron chi connectivity index (χ1n) is 5.27. The van der Waals surface area contributed by atoms with Crippen molar-refractivity contribution in [3.8, 4) is 0 Å². The second kappa shape index (κ2) is 6.96. The molecule has 0 aromatic carbocycles. The van der Waals surface area contributed by atoms with Crippen LogP contribution in [0.4, 0.5) is 0 Å². The summed E-state index contributed by atoms with van der Waals surface area (Å²) in [6.45, 7) is 6.49. The third-order valence-electron chi connectivity index (χ3n) is 2.00. The minimum absolute atomic E-state index is 0.132. The fourth-order valence-corrected chi connectivity index (χ4v) is 3.45. The predicted octanol–water partition coefficient (Wildman–Crippen LogP) is 1.84. The van der Waals surface area contributed by atoms with E-state index in [0.717, 1.165) is 17.3 Å². The van der Waals surface area contributed by atoms with Gasteiger partial charge in [-0.2, -0.15) is 11.8 Å². The van der Waals surface area contributed by atoms with Crippen molar-refractivity contribution in [2.24, 2.45) is 0 Å². The Morgan fingerprint density at radius 3 is 2.65 bits per heavy atom. The first-order valence-corrected chi connectivity index (χ1v) is 7.47. The molecule has 96 valence electrons. The number of esters is 2. The Hall–Kier alpha value is -0.620. The van der Waals surface area contributed by atoms with Crippen molar-refractivity contribution in [1.82, 2.24) is 0 Å². The van der Waals surface area contributed by atoms with E-state index in [1.165, 1.54) is 13.8 Å². The van der Waals surface area contributed by atoms with E-state index in [-0.39, 0.29) is 11.0 Å². The van der Waals surface area contributed by atoms with Gasteiger partial charge in [0.05, 0.1) is 0 Å². The third kappa shape index (κ3) is 5.04. The Morgan fingerprint density at radius 2 is 2.12 bits per heavy atom. The molecule has 0 amide bonds. The average Bonchev–Trinajstić information content (AvgIpc) is 2.29. The lowest BCUT2D eigenvalue weighted by Gasteiger charge is -2.22.